The fourth-order valence-corrected chi connectivity index (χ4v) is 3.48. The fourth-order valence-electron chi connectivity index (χ4n) is 3.48. The van der Waals surface area contributed by atoms with Gasteiger partial charge in [-0.15, -0.1) is 0 Å². The van der Waals surface area contributed by atoms with Crippen molar-refractivity contribution >= 4 is 33.4 Å². The van der Waals surface area contributed by atoms with Crippen LogP contribution in [0.2, 0.25) is 0 Å². The summed E-state index contributed by atoms with van der Waals surface area (Å²) in [5.41, 5.74) is 3.53. The van der Waals surface area contributed by atoms with Crippen LogP contribution >= 0.6 is 0 Å². The van der Waals surface area contributed by atoms with E-state index in [0.29, 0.717) is 27.5 Å². The second kappa shape index (κ2) is 6.93. The van der Waals surface area contributed by atoms with Crippen molar-refractivity contribution in [2.75, 3.05) is 5.32 Å². The van der Waals surface area contributed by atoms with E-state index in [1.807, 2.05) is 54.8 Å². The summed E-state index contributed by atoms with van der Waals surface area (Å²) in [5.74, 6) is -0.694. The lowest BCUT2D eigenvalue weighted by atomic mass is 10.1. The number of fused-ring (bicyclic) bond motifs is 2. The van der Waals surface area contributed by atoms with Crippen molar-refractivity contribution in [1.82, 2.24) is 4.57 Å². The Labute approximate surface area is 161 Å². The molecule has 0 bridgehead atoms. The van der Waals surface area contributed by atoms with Gasteiger partial charge in [-0.25, -0.2) is 4.39 Å². The van der Waals surface area contributed by atoms with E-state index in [1.165, 1.54) is 12.1 Å². The Morgan fingerprint density at radius 3 is 2.54 bits per heavy atom. The number of rotatable bonds is 3. The number of anilines is 1. The SMILES string of the molecule is Cc1ccc2c(c1)c(=O)c1ccccc1n2CC(=O)Nc1cc(F)ccc1C. The normalized spacial score (nSPS) is 11.1. The minimum atomic E-state index is -0.407. The van der Waals surface area contributed by atoms with Crippen molar-refractivity contribution in [2.24, 2.45) is 0 Å². The highest BCUT2D eigenvalue weighted by Gasteiger charge is 2.14. The maximum absolute atomic E-state index is 13.5. The van der Waals surface area contributed by atoms with Crippen molar-refractivity contribution in [3.05, 3.63) is 87.8 Å². The van der Waals surface area contributed by atoms with Crippen LogP contribution in [-0.2, 0) is 11.3 Å². The first-order valence-corrected chi connectivity index (χ1v) is 9.02. The highest BCUT2D eigenvalue weighted by Crippen LogP contribution is 2.21. The number of benzene rings is 3. The molecule has 4 rings (SSSR count). The number of nitrogens with zero attached hydrogens (tertiary/aromatic N) is 1. The molecule has 4 aromatic rings. The van der Waals surface area contributed by atoms with E-state index in [9.17, 15) is 14.0 Å². The molecule has 0 saturated carbocycles. The molecule has 0 saturated heterocycles. The summed E-state index contributed by atoms with van der Waals surface area (Å²) >= 11 is 0. The van der Waals surface area contributed by atoms with Crippen LogP contribution < -0.4 is 10.7 Å². The zero-order valence-electron chi connectivity index (χ0n) is 15.6. The molecule has 140 valence electrons. The van der Waals surface area contributed by atoms with Gasteiger partial charge in [-0.2, -0.15) is 0 Å². The molecule has 1 aromatic heterocycles. The highest BCUT2D eigenvalue weighted by molar-refractivity contribution is 5.97. The van der Waals surface area contributed by atoms with Gasteiger partial charge in [0.2, 0.25) is 5.91 Å². The lowest BCUT2D eigenvalue weighted by molar-refractivity contribution is -0.116. The summed E-state index contributed by atoms with van der Waals surface area (Å²) in [5, 5.41) is 3.92. The van der Waals surface area contributed by atoms with E-state index in [-0.39, 0.29) is 17.9 Å². The van der Waals surface area contributed by atoms with E-state index >= 15 is 0 Å². The van der Waals surface area contributed by atoms with Crippen LogP contribution in [0, 0.1) is 19.7 Å². The zero-order valence-corrected chi connectivity index (χ0v) is 15.6. The summed E-state index contributed by atoms with van der Waals surface area (Å²) in [7, 11) is 0. The molecule has 0 atom stereocenters. The Kier molecular flexibility index (Phi) is 4.43. The molecule has 0 radical (unpaired) electrons. The molecule has 3 aromatic carbocycles. The lowest BCUT2D eigenvalue weighted by Crippen LogP contribution is -2.22. The average Bonchev–Trinajstić information content (AvgIpc) is 2.68. The standard InChI is InChI=1S/C23H19FN2O2/c1-14-7-10-21-18(11-14)23(28)17-5-3-4-6-20(17)26(21)13-22(27)25-19-12-16(24)9-8-15(19)2/h3-12H,13H2,1-2H3,(H,25,27). The number of carbonyl (C=O) groups excluding carboxylic acids is 1. The molecule has 0 fully saturated rings. The molecule has 1 heterocycles. The number of hydrogen-bond donors (Lipinski definition) is 1. The second-order valence-electron chi connectivity index (χ2n) is 6.96. The van der Waals surface area contributed by atoms with Crippen LogP contribution in [0.15, 0.2) is 65.5 Å². The van der Waals surface area contributed by atoms with Gasteiger partial charge in [0.1, 0.15) is 12.4 Å². The molecule has 4 nitrogen and oxygen atoms in total. The van der Waals surface area contributed by atoms with Gasteiger partial charge in [0, 0.05) is 16.5 Å². The van der Waals surface area contributed by atoms with Crippen LogP contribution in [0.3, 0.4) is 0 Å². The van der Waals surface area contributed by atoms with Crippen molar-refractivity contribution in [3.63, 3.8) is 0 Å². The number of hydrogen-bond acceptors (Lipinski definition) is 2. The number of aromatic nitrogens is 1. The Bertz CT molecular complexity index is 1290. The van der Waals surface area contributed by atoms with Gasteiger partial charge >= 0.3 is 0 Å². The van der Waals surface area contributed by atoms with E-state index < -0.39 is 5.82 Å². The molecular weight excluding hydrogens is 355 g/mol. The summed E-state index contributed by atoms with van der Waals surface area (Å²) in [6.45, 7) is 3.75. The van der Waals surface area contributed by atoms with Gasteiger partial charge in [0.15, 0.2) is 5.43 Å². The predicted octanol–water partition coefficient (Wildman–Crippen LogP) is 4.55. The molecule has 0 aliphatic carbocycles. The Balaban J connectivity index is 1.83. The number of pyridine rings is 1. The largest absolute Gasteiger partial charge is 0.331 e. The number of halogens is 1. The molecule has 0 aliphatic heterocycles. The first-order chi connectivity index (χ1) is 13.4. The highest BCUT2D eigenvalue weighted by atomic mass is 19.1. The zero-order chi connectivity index (χ0) is 19.8. The van der Waals surface area contributed by atoms with Gasteiger partial charge in [0.05, 0.1) is 11.0 Å². The quantitative estimate of drug-likeness (QED) is 0.535. The molecule has 1 amide bonds. The molecule has 5 heteroatoms. The van der Waals surface area contributed by atoms with Gasteiger partial charge < -0.3 is 9.88 Å². The van der Waals surface area contributed by atoms with E-state index in [1.54, 1.807) is 12.1 Å². The third kappa shape index (κ3) is 3.16. The number of aryl methyl sites for hydroxylation is 2. The van der Waals surface area contributed by atoms with Gasteiger partial charge in [-0.05, 0) is 55.8 Å². The van der Waals surface area contributed by atoms with Crippen molar-refractivity contribution in [2.45, 2.75) is 20.4 Å². The van der Waals surface area contributed by atoms with E-state index in [0.717, 1.165) is 11.1 Å². The number of amides is 1. The van der Waals surface area contributed by atoms with Gasteiger partial charge in [-0.1, -0.05) is 29.8 Å². The minimum absolute atomic E-state index is 0.0102. The topological polar surface area (TPSA) is 51.1 Å². The summed E-state index contributed by atoms with van der Waals surface area (Å²) < 4.78 is 15.4. The maximum Gasteiger partial charge on any atom is 0.244 e. The maximum atomic E-state index is 13.5. The third-order valence-corrected chi connectivity index (χ3v) is 4.90. The van der Waals surface area contributed by atoms with Crippen molar-refractivity contribution in [1.29, 1.82) is 0 Å². The van der Waals surface area contributed by atoms with Crippen LogP contribution in [0.25, 0.3) is 21.8 Å². The average molecular weight is 374 g/mol. The first kappa shape index (κ1) is 17.9. The number of carbonyl (C=O) groups is 1. The number of para-hydroxylation sites is 1. The lowest BCUT2D eigenvalue weighted by Gasteiger charge is -2.16. The second-order valence-corrected chi connectivity index (χ2v) is 6.96. The smallest absolute Gasteiger partial charge is 0.244 e. The van der Waals surface area contributed by atoms with Crippen molar-refractivity contribution in [3.8, 4) is 0 Å². The minimum Gasteiger partial charge on any atom is -0.331 e. The van der Waals surface area contributed by atoms with E-state index in [4.69, 9.17) is 0 Å². The Morgan fingerprint density at radius 1 is 0.964 bits per heavy atom. The predicted molar refractivity (Wildman–Crippen MR) is 110 cm³/mol. The molecular formula is C23H19FN2O2. The third-order valence-electron chi connectivity index (χ3n) is 4.90. The van der Waals surface area contributed by atoms with Gasteiger partial charge in [0.25, 0.3) is 0 Å². The summed E-state index contributed by atoms with van der Waals surface area (Å²) in [6, 6.07) is 17.2. The monoisotopic (exact) mass is 374 g/mol. The van der Waals surface area contributed by atoms with Crippen LogP contribution in [0.5, 0.6) is 0 Å². The molecule has 28 heavy (non-hydrogen) atoms. The fraction of sp³-hybridized carbons (Fsp3) is 0.130. The molecule has 0 spiro atoms. The van der Waals surface area contributed by atoms with Gasteiger partial charge in [-0.3, -0.25) is 9.59 Å². The number of nitrogens with one attached hydrogen (secondary N) is 1. The Morgan fingerprint density at radius 2 is 1.71 bits per heavy atom. The molecule has 1 N–H and O–H groups in total. The summed E-state index contributed by atoms with van der Waals surface area (Å²) in [6.07, 6.45) is 0. The molecule has 0 unspecified atom stereocenters. The van der Waals surface area contributed by atoms with E-state index in [2.05, 4.69) is 5.32 Å². The Hall–Kier alpha value is -3.47. The van der Waals surface area contributed by atoms with Crippen LogP contribution in [0.4, 0.5) is 10.1 Å². The summed E-state index contributed by atoms with van der Waals surface area (Å²) in [4.78, 5) is 25.6. The van der Waals surface area contributed by atoms with Crippen LogP contribution in [-0.4, -0.2) is 10.5 Å². The van der Waals surface area contributed by atoms with Crippen LogP contribution in [0.1, 0.15) is 11.1 Å². The molecule has 0 aliphatic rings. The first-order valence-electron chi connectivity index (χ1n) is 9.02. The van der Waals surface area contributed by atoms with Crippen molar-refractivity contribution < 1.29 is 9.18 Å².